The summed E-state index contributed by atoms with van der Waals surface area (Å²) in [4.78, 5) is 34.9. The van der Waals surface area contributed by atoms with Gasteiger partial charge in [-0.2, -0.15) is 0 Å². The number of esters is 1. The van der Waals surface area contributed by atoms with Crippen molar-refractivity contribution < 1.29 is 29.3 Å². The van der Waals surface area contributed by atoms with Crippen molar-refractivity contribution >= 4 is 11.9 Å². The average Bonchev–Trinajstić information content (AvgIpc) is 2.97. The first-order valence-corrected chi connectivity index (χ1v) is 14.1. The van der Waals surface area contributed by atoms with Gasteiger partial charge in [0.25, 0.3) is 5.91 Å². The molecule has 2 saturated heterocycles. The van der Waals surface area contributed by atoms with E-state index in [2.05, 4.69) is 9.88 Å². The van der Waals surface area contributed by atoms with E-state index in [1.54, 1.807) is 35.5 Å². The number of benzene rings is 1. The number of pyridine rings is 1. The predicted molar refractivity (Wildman–Crippen MR) is 146 cm³/mol. The minimum absolute atomic E-state index is 0.139. The van der Waals surface area contributed by atoms with Crippen molar-refractivity contribution in [3.63, 3.8) is 0 Å². The second kappa shape index (κ2) is 13.9. The molecule has 2 aliphatic heterocycles. The number of piperidine rings is 1. The third-order valence-corrected chi connectivity index (χ3v) is 7.94. The van der Waals surface area contributed by atoms with Crippen molar-refractivity contribution in [1.82, 2.24) is 14.8 Å². The van der Waals surface area contributed by atoms with Crippen LogP contribution in [0.25, 0.3) is 0 Å². The molecule has 1 aromatic carbocycles. The Morgan fingerprint density at radius 3 is 2.56 bits per heavy atom. The van der Waals surface area contributed by atoms with Crippen LogP contribution in [0, 0.1) is 5.41 Å². The fourth-order valence-corrected chi connectivity index (χ4v) is 5.50. The Hall–Kier alpha value is -3.01. The maximum atomic E-state index is 13.4. The molecule has 0 aliphatic carbocycles. The van der Waals surface area contributed by atoms with Gasteiger partial charge in [-0.25, -0.2) is 0 Å². The number of nitrogens with zero attached hydrogens (tertiary/aromatic N) is 3. The van der Waals surface area contributed by atoms with Crippen LogP contribution in [0.3, 0.4) is 0 Å². The summed E-state index contributed by atoms with van der Waals surface area (Å²) in [5, 5.41) is 21.1. The van der Waals surface area contributed by atoms with Gasteiger partial charge in [-0.3, -0.25) is 19.5 Å². The van der Waals surface area contributed by atoms with Gasteiger partial charge in [0.05, 0.1) is 18.1 Å². The van der Waals surface area contributed by atoms with Crippen molar-refractivity contribution in [1.29, 1.82) is 0 Å². The molecule has 0 saturated carbocycles. The van der Waals surface area contributed by atoms with Crippen molar-refractivity contribution in [2.24, 2.45) is 5.41 Å². The number of amides is 1. The van der Waals surface area contributed by atoms with Gasteiger partial charge < -0.3 is 24.6 Å². The monoisotopic (exact) mass is 539 g/mol. The van der Waals surface area contributed by atoms with Gasteiger partial charge in [-0.05, 0) is 88.0 Å². The van der Waals surface area contributed by atoms with Crippen LogP contribution in [0.2, 0.25) is 0 Å². The quantitative estimate of drug-likeness (QED) is 0.558. The molecule has 212 valence electrons. The van der Waals surface area contributed by atoms with Gasteiger partial charge in [-0.15, -0.1) is 0 Å². The van der Waals surface area contributed by atoms with Crippen molar-refractivity contribution in [2.75, 3.05) is 39.4 Å². The smallest absolute Gasteiger partial charge is 0.312 e. The van der Waals surface area contributed by atoms with Crippen LogP contribution in [0.5, 0.6) is 5.75 Å². The lowest BCUT2D eigenvalue weighted by molar-refractivity contribution is -0.165. The number of hydrogen-bond donors (Lipinski definition) is 2. The molecule has 2 aromatic rings. The minimum Gasteiger partial charge on any atom is -0.494 e. The number of aliphatic hydroxyl groups excluding tert-OH is 2. The highest BCUT2D eigenvalue weighted by atomic mass is 16.5. The number of cyclic esters (lactones) is 1. The van der Waals surface area contributed by atoms with E-state index >= 15 is 0 Å². The first-order valence-electron chi connectivity index (χ1n) is 14.1. The Morgan fingerprint density at radius 1 is 1.05 bits per heavy atom. The maximum Gasteiger partial charge on any atom is 0.312 e. The Balaban J connectivity index is 1.43. The molecular weight excluding hydrogens is 498 g/mol. The second-order valence-electron chi connectivity index (χ2n) is 10.6. The first kappa shape index (κ1) is 29.0. The number of hydrogen-bond acceptors (Lipinski definition) is 8. The molecule has 39 heavy (non-hydrogen) atoms. The standard InChI is InChI=1S/C30H41N3O6/c1-2-38-25-7-5-6-24(20-25)28(36)33-16-4-3-11-30(29(37)39-22-27(35)26(34)10-17-33)12-18-32(19-13-30)21-23-8-14-31-15-9-23/h5-9,14-15,20,26-27,34-35H,2-4,10-13,16-19,21-22H2,1H3/t26-,27+/m0/s1. The molecular formula is C30H41N3O6. The third-order valence-electron chi connectivity index (χ3n) is 7.94. The van der Waals surface area contributed by atoms with Crippen molar-refractivity contribution in [2.45, 2.75) is 64.2 Å². The normalized spacial score (nSPS) is 23.3. The minimum atomic E-state index is -1.21. The summed E-state index contributed by atoms with van der Waals surface area (Å²) < 4.78 is 11.2. The Kier molecular flexibility index (Phi) is 10.3. The maximum absolute atomic E-state index is 13.4. The molecule has 1 spiro atoms. The van der Waals surface area contributed by atoms with E-state index in [4.69, 9.17) is 9.47 Å². The van der Waals surface area contributed by atoms with Crippen LogP contribution in [-0.2, 0) is 16.1 Å². The van der Waals surface area contributed by atoms with Gasteiger partial charge >= 0.3 is 5.97 Å². The first-order chi connectivity index (χ1) is 18.9. The highest BCUT2D eigenvalue weighted by molar-refractivity contribution is 5.94. The van der Waals surface area contributed by atoms with Crippen molar-refractivity contribution in [3.8, 4) is 5.75 Å². The topological polar surface area (TPSA) is 112 Å². The molecule has 1 aromatic heterocycles. The van der Waals surface area contributed by atoms with Crippen LogP contribution >= 0.6 is 0 Å². The molecule has 2 N–H and O–H groups in total. The zero-order valence-corrected chi connectivity index (χ0v) is 22.8. The van der Waals surface area contributed by atoms with Crippen LogP contribution in [0.1, 0.15) is 61.4 Å². The fraction of sp³-hybridized carbons (Fsp3) is 0.567. The highest BCUT2D eigenvalue weighted by Crippen LogP contribution is 2.38. The summed E-state index contributed by atoms with van der Waals surface area (Å²) >= 11 is 0. The molecule has 2 aliphatic rings. The lowest BCUT2D eigenvalue weighted by atomic mass is 9.74. The molecule has 0 bridgehead atoms. The molecule has 1 amide bonds. The van der Waals surface area contributed by atoms with E-state index < -0.39 is 17.6 Å². The van der Waals surface area contributed by atoms with Crippen LogP contribution < -0.4 is 4.74 Å². The second-order valence-corrected chi connectivity index (χ2v) is 10.6. The lowest BCUT2D eigenvalue weighted by Gasteiger charge is -2.40. The third kappa shape index (κ3) is 7.77. The molecule has 0 unspecified atom stereocenters. The van der Waals surface area contributed by atoms with Gasteiger partial charge in [0.15, 0.2) is 0 Å². The van der Waals surface area contributed by atoms with Gasteiger partial charge in [0, 0.05) is 37.6 Å². The number of aromatic nitrogens is 1. The largest absolute Gasteiger partial charge is 0.494 e. The van der Waals surface area contributed by atoms with E-state index in [1.165, 1.54) is 5.56 Å². The van der Waals surface area contributed by atoms with Gasteiger partial charge in [0.1, 0.15) is 18.5 Å². The summed E-state index contributed by atoms with van der Waals surface area (Å²) in [6, 6.07) is 11.1. The molecule has 2 atom stereocenters. The van der Waals surface area contributed by atoms with Crippen LogP contribution in [0.15, 0.2) is 48.8 Å². The zero-order chi connectivity index (χ0) is 27.7. The molecule has 4 rings (SSSR count). The molecule has 3 heterocycles. The SMILES string of the molecule is CCOc1cccc(C(=O)N2CCCCC3(CCN(Cc4ccncc4)CC3)C(=O)OC[C@@H](O)[C@@H](O)CC2)c1. The van der Waals surface area contributed by atoms with Crippen LogP contribution in [-0.4, -0.2) is 88.5 Å². The lowest BCUT2D eigenvalue weighted by Crippen LogP contribution is -2.45. The summed E-state index contributed by atoms with van der Waals surface area (Å²) in [7, 11) is 0. The number of ether oxygens (including phenoxy) is 2. The number of likely N-dealkylation sites (tertiary alicyclic amines) is 1. The number of rotatable bonds is 5. The summed E-state index contributed by atoms with van der Waals surface area (Å²) in [5.74, 6) is 0.203. The Labute approximate surface area is 230 Å². The fourth-order valence-electron chi connectivity index (χ4n) is 5.50. The van der Waals surface area contributed by atoms with Gasteiger partial charge in [0.2, 0.25) is 0 Å². The number of aliphatic hydroxyl groups is 2. The Bertz CT molecular complexity index is 1070. The van der Waals surface area contributed by atoms with Gasteiger partial charge in [-0.1, -0.05) is 12.5 Å². The molecule has 2 fully saturated rings. The number of carbonyl (C=O) groups is 2. The average molecular weight is 540 g/mol. The predicted octanol–water partition coefficient (Wildman–Crippen LogP) is 3.04. The van der Waals surface area contributed by atoms with E-state index in [-0.39, 0.29) is 24.9 Å². The van der Waals surface area contributed by atoms with E-state index in [0.29, 0.717) is 50.3 Å². The Morgan fingerprint density at radius 2 is 1.82 bits per heavy atom. The summed E-state index contributed by atoms with van der Waals surface area (Å²) in [6.07, 6.45) is 4.94. The molecule has 9 nitrogen and oxygen atoms in total. The van der Waals surface area contributed by atoms with E-state index in [0.717, 1.165) is 32.5 Å². The van der Waals surface area contributed by atoms with E-state index in [9.17, 15) is 19.8 Å². The van der Waals surface area contributed by atoms with Crippen LogP contribution in [0.4, 0.5) is 0 Å². The van der Waals surface area contributed by atoms with E-state index in [1.807, 2.05) is 25.1 Å². The molecule has 9 heteroatoms. The summed E-state index contributed by atoms with van der Waals surface area (Å²) in [5.41, 5.74) is 1.08. The number of carbonyl (C=O) groups excluding carboxylic acids is 2. The molecule has 0 radical (unpaired) electrons. The highest BCUT2D eigenvalue weighted by Gasteiger charge is 2.42. The zero-order valence-electron chi connectivity index (χ0n) is 22.8. The van der Waals surface area contributed by atoms with Crippen molar-refractivity contribution in [3.05, 3.63) is 59.9 Å². The summed E-state index contributed by atoms with van der Waals surface area (Å²) in [6.45, 7) is 5.28.